The van der Waals surface area contributed by atoms with E-state index in [9.17, 15) is 5.11 Å². The highest BCUT2D eigenvalue weighted by Gasteiger charge is 2.23. The Morgan fingerprint density at radius 2 is 2.10 bits per heavy atom. The molecule has 21 heavy (non-hydrogen) atoms. The Bertz CT molecular complexity index is 573. The predicted molar refractivity (Wildman–Crippen MR) is 82.0 cm³/mol. The minimum Gasteiger partial charge on any atom is -0.506 e. The molecule has 2 aromatic rings. The molecule has 0 amide bonds. The van der Waals surface area contributed by atoms with E-state index in [4.69, 9.17) is 0 Å². The second-order valence-corrected chi connectivity index (χ2v) is 5.70. The summed E-state index contributed by atoms with van der Waals surface area (Å²) in [7, 11) is 0. The van der Waals surface area contributed by atoms with Crippen molar-refractivity contribution < 1.29 is 5.11 Å². The van der Waals surface area contributed by atoms with E-state index in [0.717, 1.165) is 12.1 Å². The summed E-state index contributed by atoms with van der Waals surface area (Å²) in [5.41, 5.74) is 2.06. The Morgan fingerprint density at radius 3 is 2.90 bits per heavy atom. The zero-order chi connectivity index (χ0) is 14.5. The molecule has 2 atom stereocenters. The maximum absolute atomic E-state index is 9.76. The predicted octanol–water partition coefficient (Wildman–Crippen LogP) is 3.00. The Morgan fingerprint density at radius 1 is 1.19 bits per heavy atom. The largest absolute Gasteiger partial charge is 0.506 e. The van der Waals surface area contributed by atoms with Crippen LogP contribution in [-0.2, 0) is 6.54 Å². The maximum atomic E-state index is 9.76. The van der Waals surface area contributed by atoms with Crippen LogP contribution in [0, 0.1) is 0 Å². The number of pyridine rings is 2. The summed E-state index contributed by atoms with van der Waals surface area (Å²) in [5, 5.41) is 13.3. The molecular formula is C17H21N3O. The van der Waals surface area contributed by atoms with Crippen LogP contribution in [0.4, 0.5) is 0 Å². The van der Waals surface area contributed by atoms with E-state index >= 15 is 0 Å². The highest BCUT2D eigenvalue weighted by atomic mass is 16.3. The third kappa shape index (κ3) is 3.58. The summed E-state index contributed by atoms with van der Waals surface area (Å²) in [6.07, 6.45) is 10.3. The summed E-state index contributed by atoms with van der Waals surface area (Å²) >= 11 is 0. The van der Waals surface area contributed by atoms with Gasteiger partial charge in [0.1, 0.15) is 5.75 Å². The number of rotatable bonds is 4. The van der Waals surface area contributed by atoms with Gasteiger partial charge in [0.25, 0.3) is 0 Å². The van der Waals surface area contributed by atoms with Gasteiger partial charge >= 0.3 is 0 Å². The van der Waals surface area contributed by atoms with E-state index in [1.807, 2.05) is 18.5 Å². The fourth-order valence-corrected chi connectivity index (χ4v) is 3.10. The lowest BCUT2D eigenvalue weighted by Crippen LogP contribution is -2.33. The summed E-state index contributed by atoms with van der Waals surface area (Å²) in [6.45, 7) is 0.622. The first-order valence-corrected chi connectivity index (χ1v) is 7.59. The molecule has 0 saturated heterocycles. The van der Waals surface area contributed by atoms with Gasteiger partial charge in [-0.2, -0.15) is 0 Å². The van der Waals surface area contributed by atoms with Crippen molar-refractivity contribution in [3.05, 3.63) is 54.1 Å². The van der Waals surface area contributed by atoms with Gasteiger partial charge in [0, 0.05) is 31.2 Å². The summed E-state index contributed by atoms with van der Waals surface area (Å²) < 4.78 is 0. The van der Waals surface area contributed by atoms with Gasteiger partial charge in [0.05, 0.1) is 5.69 Å². The molecule has 4 nitrogen and oxygen atoms in total. The van der Waals surface area contributed by atoms with E-state index in [1.54, 1.807) is 18.3 Å². The topological polar surface area (TPSA) is 58.0 Å². The monoisotopic (exact) mass is 283 g/mol. The summed E-state index contributed by atoms with van der Waals surface area (Å²) in [6, 6.07) is 8.09. The van der Waals surface area contributed by atoms with Gasteiger partial charge < -0.3 is 10.4 Å². The van der Waals surface area contributed by atoms with Crippen molar-refractivity contribution in [1.82, 2.24) is 15.3 Å². The molecule has 0 aliphatic heterocycles. The first-order chi connectivity index (χ1) is 10.3. The lowest BCUT2D eigenvalue weighted by molar-refractivity contribution is 0.334. The summed E-state index contributed by atoms with van der Waals surface area (Å²) in [5.74, 6) is 0.854. The number of aromatic nitrogens is 2. The van der Waals surface area contributed by atoms with E-state index in [0.29, 0.717) is 18.5 Å². The molecule has 1 saturated carbocycles. The Balaban J connectivity index is 1.58. The van der Waals surface area contributed by atoms with Crippen molar-refractivity contribution >= 4 is 0 Å². The Hall–Kier alpha value is -1.94. The van der Waals surface area contributed by atoms with E-state index < -0.39 is 0 Å². The lowest BCUT2D eigenvalue weighted by atomic mass is 9.82. The van der Waals surface area contributed by atoms with Crippen molar-refractivity contribution in [1.29, 1.82) is 0 Å². The van der Waals surface area contributed by atoms with E-state index in [2.05, 4.69) is 21.4 Å². The highest BCUT2D eigenvalue weighted by Crippen LogP contribution is 2.32. The minimum atomic E-state index is 0.268. The number of nitrogens with zero attached hydrogens (tertiary/aromatic N) is 2. The van der Waals surface area contributed by atoms with Gasteiger partial charge in [-0.25, -0.2) is 0 Å². The zero-order valence-corrected chi connectivity index (χ0v) is 12.1. The smallest absolute Gasteiger partial charge is 0.138 e. The number of hydrogen-bond acceptors (Lipinski definition) is 4. The van der Waals surface area contributed by atoms with Crippen LogP contribution < -0.4 is 5.32 Å². The second kappa shape index (κ2) is 6.68. The van der Waals surface area contributed by atoms with Crippen molar-refractivity contribution in [3.8, 4) is 5.75 Å². The molecule has 1 fully saturated rings. The molecule has 1 aliphatic carbocycles. The van der Waals surface area contributed by atoms with Gasteiger partial charge in [-0.3, -0.25) is 9.97 Å². The van der Waals surface area contributed by atoms with Crippen LogP contribution in [0.15, 0.2) is 42.9 Å². The average Bonchev–Trinajstić information content (AvgIpc) is 2.55. The van der Waals surface area contributed by atoms with Gasteiger partial charge in [-0.05, 0) is 48.9 Å². The van der Waals surface area contributed by atoms with Gasteiger partial charge in [-0.15, -0.1) is 0 Å². The van der Waals surface area contributed by atoms with Gasteiger partial charge in [0.2, 0.25) is 0 Å². The molecule has 0 aromatic carbocycles. The van der Waals surface area contributed by atoms with Crippen LogP contribution >= 0.6 is 0 Å². The van der Waals surface area contributed by atoms with Crippen molar-refractivity contribution in [3.63, 3.8) is 0 Å². The third-order valence-corrected chi connectivity index (χ3v) is 4.25. The molecule has 110 valence electrons. The van der Waals surface area contributed by atoms with Crippen molar-refractivity contribution in [2.75, 3.05) is 0 Å². The minimum absolute atomic E-state index is 0.268. The van der Waals surface area contributed by atoms with E-state index in [-0.39, 0.29) is 5.75 Å². The molecular weight excluding hydrogens is 262 g/mol. The molecule has 0 bridgehead atoms. The fourth-order valence-electron chi connectivity index (χ4n) is 3.10. The molecule has 0 spiro atoms. The van der Waals surface area contributed by atoms with E-state index in [1.165, 1.54) is 24.8 Å². The molecule has 3 rings (SSSR count). The van der Waals surface area contributed by atoms with Gasteiger partial charge in [0.15, 0.2) is 0 Å². The molecule has 2 unspecified atom stereocenters. The number of nitrogens with one attached hydrogen (secondary N) is 1. The highest BCUT2D eigenvalue weighted by molar-refractivity contribution is 5.24. The van der Waals surface area contributed by atoms with Crippen molar-refractivity contribution in [2.24, 2.45) is 0 Å². The van der Waals surface area contributed by atoms with Crippen LogP contribution in [0.3, 0.4) is 0 Å². The van der Waals surface area contributed by atoms with Crippen molar-refractivity contribution in [2.45, 2.75) is 44.2 Å². The standard InChI is InChI=1S/C17H21N3O/c21-17-7-3-9-19-16(17)12-20-15-6-1-4-13(10-15)14-5-2-8-18-11-14/h2-3,5,7-9,11,13,15,20-21H,1,4,6,10,12H2. The molecule has 2 N–H and O–H groups in total. The molecule has 1 aliphatic rings. The lowest BCUT2D eigenvalue weighted by Gasteiger charge is -2.30. The SMILES string of the molecule is Oc1cccnc1CNC1CCCC(c2cccnc2)C1. The Kier molecular flexibility index (Phi) is 4.46. The molecule has 4 heteroatoms. The molecule has 2 aromatic heterocycles. The zero-order valence-electron chi connectivity index (χ0n) is 12.1. The molecule has 0 radical (unpaired) electrons. The molecule has 2 heterocycles. The number of hydrogen-bond donors (Lipinski definition) is 2. The summed E-state index contributed by atoms with van der Waals surface area (Å²) in [4.78, 5) is 8.44. The first-order valence-electron chi connectivity index (χ1n) is 7.59. The van der Waals surface area contributed by atoms with Crippen LogP contribution in [-0.4, -0.2) is 21.1 Å². The third-order valence-electron chi connectivity index (χ3n) is 4.25. The second-order valence-electron chi connectivity index (χ2n) is 5.70. The Labute approximate surface area is 125 Å². The number of aromatic hydroxyl groups is 1. The van der Waals surface area contributed by atoms with Gasteiger partial charge in [-0.1, -0.05) is 12.5 Å². The van der Waals surface area contributed by atoms with Crippen LogP contribution in [0.2, 0.25) is 0 Å². The van der Waals surface area contributed by atoms with Crippen LogP contribution in [0.1, 0.15) is 42.9 Å². The van der Waals surface area contributed by atoms with Crippen LogP contribution in [0.5, 0.6) is 5.75 Å². The normalized spacial score (nSPS) is 22.1. The van der Waals surface area contributed by atoms with Crippen LogP contribution in [0.25, 0.3) is 0 Å². The quantitative estimate of drug-likeness (QED) is 0.905. The maximum Gasteiger partial charge on any atom is 0.138 e. The average molecular weight is 283 g/mol. The first kappa shape index (κ1) is 14.0. The fraction of sp³-hybridized carbons (Fsp3) is 0.412.